The van der Waals surface area contributed by atoms with Gasteiger partial charge in [-0.3, -0.25) is 4.79 Å². The minimum atomic E-state index is -3.47. The SMILES string of the molecule is CCCNS(=O)(=O)c1ccc2c(c1)sc(=O)n2C. The number of fused-ring (bicyclic) bond motifs is 1. The van der Waals surface area contributed by atoms with Gasteiger partial charge in [0.25, 0.3) is 0 Å². The normalized spacial score (nSPS) is 12.1. The molecule has 0 aliphatic rings. The third kappa shape index (κ3) is 2.33. The standard InChI is InChI=1S/C11H14N2O3S2/c1-3-6-12-18(15,16)8-4-5-9-10(7-8)17-11(14)13(9)2/h4-5,7,12H,3,6H2,1-2H3. The Labute approximate surface area is 109 Å². The summed E-state index contributed by atoms with van der Waals surface area (Å²) >= 11 is 1.05. The molecular formula is C11H14N2O3S2. The van der Waals surface area contributed by atoms with Crippen molar-refractivity contribution in [1.82, 2.24) is 9.29 Å². The van der Waals surface area contributed by atoms with E-state index in [9.17, 15) is 13.2 Å². The minimum absolute atomic E-state index is 0.0962. The molecule has 1 heterocycles. The van der Waals surface area contributed by atoms with Crippen molar-refractivity contribution in [2.24, 2.45) is 7.05 Å². The van der Waals surface area contributed by atoms with Crippen LogP contribution in [-0.2, 0) is 17.1 Å². The van der Waals surface area contributed by atoms with E-state index < -0.39 is 10.0 Å². The smallest absolute Gasteiger partial charge is 0.302 e. The summed E-state index contributed by atoms with van der Waals surface area (Å²) in [5.41, 5.74) is 0.749. The van der Waals surface area contributed by atoms with Gasteiger partial charge >= 0.3 is 4.87 Å². The summed E-state index contributed by atoms with van der Waals surface area (Å²) in [6.45, 7) is 2.31. The molecule has 0 saturated carbocycles. The second-order valence-corrected chi connectivity index (χ2v) is 6.71. The maximum absolute atomic E-state index is 11.9. The molecule has 0 fully saturated rings. The Morgan fingerprint density at radius 1 is 1.39 bits per heavy atom. The van der Waals surface area contributed by atoms with Gasteiger partial charge in [-0.25, -0.2) is 13.1 Å². The van der Waals surface area contributed by atoms with E-state index in [1.54, 1.807) is 19.2 Å². The highest BCUT2D eigenvalue weighted by Crippen LogP contribution is 2.20. The Bertz CT molecular complexity index is 728. The Hall–Kier alpha value is -1.18. The number of benzene rings is 1. The van der Waals surface area contributed by atoms with Gasteiger partial charge in [0.05, 0.1) is 15.1 Å². The van der Waals surface area contributed by atoms with Gasteiger partial charge in [0, 0.05) is 13.6 Å². The summed E-state index contributed by atoms with van der Waals surface area (Å²) in [7, 11) is -1.80. The zero-order chi connectivity index (χ0) is 13.3. The molecular weight excluding hydrogens is 272 g/mol. The van der Waals surface area contributed by atoms with E-state index in [2.05, 4.69) is 4.72 Å². The summed E-state index contributed by atoms with van der Waals surface area (Å²) in [6, 6.07) is 4.72. The monoisotopic (exact) mass is 286 g/mol. The van der Waals surface area contributed by atoms with Crippen LogP contribution in [0.5, 0.6) is 0 Å². The molecule has 0 radical (unpaired) electrons. The van der Waals surface area contributed by atoms with Crippen LogP contribution in [0.1, 0.15) is 13.3 Å². The van der Waals surface area contributed by atoms with Crippen molar-refractivity contribution >= 4 is 31.6 Å². The number of aromatic nitrogens is 1. The van der Waals surface area contributed by atoms with E-state index in [-0.39, 0.29) is 9.77 Å². The topological polar surface area (TPSA) is 68.2 Å². The fourth-order valence-electron chi connectivity index (χ4n) is 1.60. The van der Waals surface area contributed by atoms with Crippen molar-refractivity contribution in [3.8, 4) is 0 Å². The third-order valence-electron chi connectivity index (χ3n) is 2.62. The lowest BCUT2D eigenvalue weighted by Gasteiger charge is -2.05. The van der Waals surface area contributed by atoms with E-state index in [1.807, 2.05) is 6.92 Å². The van der Waals surface area contributed by atoms with Gasteiger partial charge in [0.15, 0.2) is 0 Å². The minimum Gasteiger partial charge on any atom is -0.302 e. The van der Waals surface area contributed by atoms with Crippen molar-refractivity contribution in [1.29, 1.82) is 0 Å². The van der Waals surface area contributed by atoms with Gasteiger partial charge in [0.1, 0.15) is 0 Å². The number of hydrogen-bond acceptors (Lipinski definition) is 4. The lowest BCUT2D eigenvalue weighted by atomic mass is 10.3. The summed E-state index contributed by atoms with van der Waals surface area (Å²) in [5, 5.41) is 0. The van der Waals surface area contributed by atoms with Crippen molar-refractivity contribution in [2.75, 3.05) is 6.54 Å². The van der Waals surface area contributed by atoms with Crippen LogP contribution in [0.4, 0.5) is 0 Å². The van der Waals surface area contributed by atoms with Gasteiger partial charge in [-0.1, -0.05) is 18.3 Å². The molecule has 7 heteroatoms. The number of nitrogens with one attached hydrogen (secondary N) is 1. The number of thiazole rings is 1. The van der Waals surface area contributed by atoms with Gasteiger partial charge in [0.2, 0.25) is 10.0 Å². The van der Waals surface area contributed by atoms with Gasteiger partial charge in [-0.2, -0.15) is 0 Å². The van der Waals surface area contributed by atoms with Crippen LogP contribution >= 0.6 is 11.3 Å². The molecule has 2 rings (SSSR count). The molecule has 18 heavy (non-hydrogen) atoms. The highest BCUT2D eigenvalue weighted by Gasteiger charge is 2.15. The summed E-state index contributed by atoms with van der Waals surface area (Å²) < 4.78 is 28.6. The molecule has 0 spiro atoms. The van der Waals surface area contributed by atoms with E-state index in [1.165, 1.54) is 10.6 Å². The Kier molecular flexibility index (Phi) is 3.56. The van der Waals surface area contributed by atoms with Crippen LogP contribution in [0.25, 0.3) is 10.2 Å². The highest BCUT2D eigenvalue weighted by molar-refractivity contribution is 7.89. The second-order valence-electron chi connectivity index (χ2n) is 3.95. The van der Waals surface area contributed by atoms with Crippen molar-refractivity contribution in [3.05, 3.63) is 27.9 Å². The maximum atomic E-state index is 11.9. The Morgan fingerprint density at radius 2 is 2.11 bits per heavy atom. The number of aryl methyl sites for hydroxylation is 1. The fourth-order valence-corrected chi connectivity index (χ4v) is 3.75. The first kappa shape index (κ1) is 13.3. The molecule has 0 aliphatic carbocycles. The lowest BCUT2D eigenvalue weighted by Crippen LogP contribution is -2.24. The van der Waals surface area contributed by atoms with Crippen LogP contribution in [0, 0.1) is 0 Å². The molecule has 98 valence electrons. The first-order valence-electron chi connectivity index (χ1n) is 5.55. The molecule has 0 amide bonds. The number of nitrogens with zero attached hydrogens (tertiary/aromatic N) is 1. The van der Waals surface area contributed by atoms with Crippen LogP contribution < -0.4 is 9.60 Å². The summed E-state index contributed by atoms with van der Waals surface area (Å²) in [5.74, 6) is 0. The molecule has 0 aliphatic heterocycles. The van der Waals surface area contributed by atoms with Gasteiger partial charge < -0.3 is 4.57 Å². The van der Waals surface area contributed by atoms with Crippen LogP contribution in [0.15, 0.2) is 27.9 Å². The second kappa shape index (κ2) is 4.83. The fraction of sp³-hybridized carbons (Fsp3) is 0.364. The first-order chi connectivity index (χ1) is 8.45. The number of hydrogen-bond donors (Lipinski definition) is 1. The zero-order valence-corrected chi connectivity index (χ0v) is 11.8. The Morgan fingerprint density at radius 3 is 2.78 bits per heavy atom. The van der Waals surface area contributed by atoms with Crippen molar-refractivity contribution in [3.63, 3.8) is 0 Å². The average Bonchev–Trinajstić information content (AvgIpc) is 2.62. The van der Waals surface area contributed by atoms with E-state index in [4.69, 9.17) is 0 Å². The molecule has 0 saturated heterocycles. The third-order valence-corrected chi connectivity index (χ3v) is 5.07. The molecule has 2 aromatic rings. The molecule has 1 aromatic carbocycles. The molecule has 0 bridgehead atoms. The van der Waals surface area contributed by atoms with Crippen molar-refractivity contribution in [2.45, 2.75) is 18.2 Å². The summed E-state index contributed by atoms with van der Waals surface area (Å²) in [4.78, 5) is 11.6. The highest BCUT2D eigenvalue weighted by atomic mass is 32.2. The first-order valence-corrected chi connectivity index (χ1v) is 7.85. The Balaban J connectivity index is 2.51. The molecule has 1 N–H and O–H groups in total. The van der Waals surface area contributed by atoms with Crippen LogP contribution in [0.2, 0.25) is 0 Å². The molecule has 0 unspecified atom stereocenters. The zero-order valence-electron chi connectivity index (χ0n) is 10.1. The van der Waals surface area contributed by atoms with Gasteiger partial charge in [-0.05, 0) is 24.6 Å². The van der Waals surface area contributed by atoms with E-state index in [0.29, 0.717) is 11.2 Å². The quantitative estimate of drug-likeness (QED) is 0.921. The van der Waals surface area contributed by atoms with Gasteiger partial charge in [-0.15, -0.1) is 0 Å². The maximum Gasteiger partial charge on any atom is 0.307 e. The van der Waals surface area contributed by atoms with Crippen LogP contribution in [-0.4, -0.2) is 19.5 Å². The average molecular weight is 286 g/mol. The van der Waals surface area contributed by atoms with E-state index >= 15 is 0 Å². The predicted molar refractivity (Wildman–Crippen MR) is 72.5 cm³/mol. The predicted octanol–water partition coefficient (Wildman–Crippen LogP) is 1.29. The number of sulfonamides is 1. The van der Waals surface area contributed by atoms with E-state index in [0.717, 1.165) is 23.3 Å². The number of rotatable bonds is 4. The van der Waals surface area contributed by atoms with Crippen molar-refractivity contribution < 1.29 is 8.42 Å². The largest absolute Gasteiger partial charge is 0.307 e. The lowest BCUT2D eigenvalue weighted by molar-refractivity contribution is 0.581. The van der Waals surface area contributed by atoms with Crippen LogP contribution in [0.3, 0.4) is 0 Å². The summed E-state index contributed by atoms with van der Waals surface area (Å²) in [6.07, 6.45) is 0.736. The molecule has 0 atom stereocenters. The molecule has 1 aromatic heterocycles. The molecule has 5 nitrogen and oxygen atoms in total.